The maximum absolute atomic E-state index is 13.6. The average Bonchev–Trinajstić information content (AvgIpc) is 3.11. The molecule has 3 atom stereocenters. The van der Waals surface area contributed by atoms with Gasteiger partial charge in [-0.05, 0) is 42.5 Å². The Kier molecular flexibility index (Phi) is 4.17. The van der Waals surface area contributed by atoms with Crippen LogP contribution in [0.1, 0.15) is 42.0 Å². The Balaban J connectivity index is 1.84. The molecule has 1 aliphatic carbocycles. The summed E-state index contributed by atoms with van der Waals surface area (Å²) in [6.45, 7) is 2.41. The van der Waals surface area contributed by atoms with Crippen molar-refractivity contribution in [2.45, 2.75) is 31.5 Å². The average molecular weight is 359 g/mol. The van der Waals surface area contributed by atoms with E-state index in [1.54, 1.807) is 12.1 Å². The number of hydrogen-bond donors (Lipinski definition) is 1. The van der Waals surface area contributed by atoms with Crippen molar-refractivity contribution in [3.63, 3.8) is 0 Å². The summed E-state index contributed by atoms with van der Waals surface area (Å²) in [7, 11) is 0. The normalized spacial score (nSPS) is 23.9. The van der Waals surface area contributed by atoms with Crippen molar-refractivity contribution < 1.29 is 17.9 Å². The summed E-state index contributed by atoms with van der Waals surface area (Å²) in [5.41, 5.74) is 1.63. The first-order valence-corrected chi connectivity index (χ1v) is 8.85. The number of rotatable bonds is 3. The second-order valence-corrected chi connectivity index (χ2v) is 6.71. The van der Waals surface area contributed by atoms with Crippen molar-refractivity contribution in [1.82, 2.24) is 0 Å². The second-order valence-electron chi connectivity index (χ2n) is 6.71. The van der Waals surface area contributed by atoms with E-state index in [2.05, 4.69) is 17.5 Å². The molecule has 0 aromatic heterocycles. The molecule has 5 heteroatoms. The van der Waals surface area contributed by atoms with Gasteiger partial charge in [0.15, 0.2) is 0 Å². The summed E-state index contributed by atoms with van der Waals surface area (Å²) in [5.74, 6) is 0.846. The maximum Gasteiger partial charge on any atom is 0.416 e. The van der Waals surface area contributed by atoms with Gasteiger partial charge in [0, 0.05) is 5.92 Å². The first kappa shape index (κ1) is 17.0. The lowest BCUT2D eigenvalue weighted by molar-refractivity contribution is -0.138. The number of allylic oxidation sites excluding steroid dienone is 2. The lowest BCUT2D eigenvalue weighted by Crippen LogP contribution is -2.31. The number of fused-ring (bicyclic) bond motifs is 3. The molecule has 1 aliphatic heterocycles. The standard InChI is InChI=1S/C21H20F3NO/c1-2-26-18-12-6-10-15-13-8-5-9-14(13)19(25-20(15)18)16-7-3-4-11-17(16)21(22,23)24/h3-8,10-14,19,25H,2,9H2,1H3/t13-,14+,19+/m1/s1. The summed E-state index contributed by atoms with van der Waals surface area (Å²) in [6, 6.07) is 11.3. The third kappa shape index (κ3) is 2.75. The van der Waals surface area contributed by atoms with Crippen LogP contribution in [0.2, 0.25) is 0 Å². The number of ether oxygens (including phenoxy) is 1. The zero-order chi connectivity index (χ0) is 18.3. The summed E-state index contributed by atoms with van der Waals surface area (Å²) < 4.78 is 46.5. The van der Waals surface area contributed by atoms with Crippen molar-refractivity contribution in [2.24, 2.45) is 5.92 Å². The van der Waals surface area contributed by atoms with E-state index in [1.807, 2.05) is 25.1 Å². The minimum Gasteiger partial charge on any atom is -0.492 e. The number of para-hydroxylation sites is 1. The van der Waals surface area contributed by atoms with Crippen LogP contribution in [-0.2, 0) is 6.18 Å². The monoisotopic (exact) mass is 359 g/mol. The van der Waals surface area contributed by atoms with E-state index in [9.17, 15) is 13.2 Å². The van der Waals surface area contributed by atoms with Crippen molar-refractivity contribution in [3.05, 3.63) is 71.3 Å². The lowest BCUT2D eigenvalue weighted by atomic mass is 9.76. The quantitative estimate of drug-likeness (QED) is 0.686. The molecule has 2 aliphatic rings. The fraction of sp³-hybridized carbons (Fsp3) is 0.333. The fourth-order valence-corrected chi connectivity index (χ4v) is 4.20. The summed E-state index contributed by atoms with van der Waals surface area (Å²) in [5, 5.41) is 3.39. The van der Waals surface area contributed by atoms with Crippen molar-refractivity contribution in [2.75, 3.05) is 11.9 Å². The zero-order valence-corrected chi connectivity index (χ0v) is 14.4. The van der Waals surface area contributed by atoms with Crippen molar-refractivity contribution >= 4 is 5.69 Å². The van der Waals surface area contributed by atoms with Gasteiger partial charge < -0.3 is 10.1 Å². The molecule has 4 rings (SSSR count). The van der Waals surface area contributed by atoms with Gasteiger partial charge in [-0.15, -0.1) is 0 Å². The van der Waals surface area contributed by atoms with Gasteiger partial charge >= 0.3 is 6.18 Å². The van der Waals surface area contributed by atoms with Crippen LogP contribution in [0.15, 0.2) is 54.6 Å². The highest BCUT2D eigenvalue weighted by Gasteiger charge is 2.43. The summed E-state index contributed by atoms with van der Waals surface area (Å²) in [6.07, 6.45) is 0.568. The van der Waals surface area contributed by atoms with E-state index in [0.29, 0.717) is 17.9 Å². The number of hydrogen-bond acceptors (Lipinski definition) is 2. The van der Waals surface area contributed by atoms with Crippen LogP contribution in [0.4, 0.5) is 18.9 Å². The molecule has 0 saturated carbocycles. The molecule has 2 aromatic rings. The van der Waals surface area contributed by atoms with E-state index in [4.69, 9.17) is 4.74 Å². The molecule has 0 fully saturated rings. The Hall–Kier alpha value is -2.43. The molecule has 0 bridgehead atoms. The van der Waals surface area contributed by atoms with Crippen LogP contribution in [0.5, 0.6) is 5.75 Å². The number of alkyl halides is 3. The van der Waals surface area contributed by atoms with E-state index < -0.39 is 17.8 Å². The van der Waals surface area contributed by atoms with Crippen LogP contribution in [0.3, 0.4) is 0 Å². The predicted octanol–water partition coefficient (Wildman–Crippen LogP) is 5.93. The minimum atomic E-state index is -4.38. The molecule has 1 N–H and O–H groups in total. The van der Waals surface area contributed by atoms with Gasteiger partial charge in [-0.3, -0.25) is 0 Å². The van der Waals surface area contributed by atoms with E-state index in [-0.39, 0.29) is 11.8 Å². The summed E-state index contributed by atoms with van der Waals surface area (Å²) in [4.78, 5) is 0. The molecule has 0 amide bonds. The van der Waals surface area contributed by atoms with Gasteiger partial charge in [0.2, 0.25) is 0 Å². The molecule has 26 heavy (non-hydrogen) atoms. The molecule has 0 saturated heterocycles. The minimum absolute atomic E-state index is 0.0582. The maximum atomic E-state index is 13.6. The van der Waals surface area contributed by atoms with Gasteiger partial charge in [-0.2, -0.15) is 13.2 Å². The van der Waals surface area contributed by atoms with E-state index >= 15 is 0 Å². The first-order chi connectivity index (χ1) is 12.5. The van der Waals surface area contributed by atoms with Gasteiger partial charge in [0.05, 0.1) is 23.9 Å². The molecule has 0 spiro atoms. The third-order valence-corrected chi connectivity index (χ3v) is 5.26. The van der Waals surface area contributed by atoms with Crippen molar-refractivity contribution in [3.8, 4) is 5.75 Å². The number of nitrogens with one attached hydrogen (secondary N) is 1. The molecule has 2 aromatic carbocycles. The van der Waals surface area contributed by atoms with E-state index in [1.165, 1.54) is 12.1 Å². The Morgan fingerprint density at radius 1 is 1.08 bits per heavy atom. The van der Waals surface area contributed by atoms with Crippen LogP contribution >= 0.6 is 0 Å². The smallest absolute Gasteiger partial charge is 0.416 e. The van der Waals surface area contributed by atoms with Gasteiger partial charge in [-0.25, -0.2) is 0 Å². The third-order valence-electron chi connectivity index (χ3n) is 5.26. The fourth-order valence-electron chi connectivity index (χ4n) is 4.20. The molecule has 136 valence electrons. The molecular formula is C21H20F3NO. The SMILES string of the molecule is CCOc1cccc2c1N[C@H](c1ccccc1C(F)(F)F)[C@H]1CC=C[C@@H]21. The first-order valence-electron chi connectivity index (χ1n) is 8.85. The predicted molar refractivity (Wildman–Crippen MR) is 95.4 cm³/mol. The van der Waals surface area contributed by atoms with Crippen LogP contribution in [0.25, 0.3) is 0 Å². The van der Waals surface area contributed by atoms with Crippen LogP contribution in [0, 0.1) is 5.92 Å². The van der Waals surface area contributed by atoms with Gasteiger partial charge in [0.1, 0.15) is 5.75 Å². The molecule has 0 unspecified atom stereocenters. The van der Waals surface area contributed by atoms with E-state index in [0.717, 1.165) is 17.7 Å². The Morgan fingerprint density at radius 2 is 1.85 bits per heavy atom. The molecule has 2 nitrogen and oxygen atoms in total. The van der Waals surface area contributed by atoms with Gasteiger partial charge in [0.25, 0.3) is 0 Å². The number of benzene rings is 2. The highest BCUT2D eigenvalue weighted by Crippen LogP contribution is 2.53. The topological polar surface area (TPSA) is 21.3 Å². The second kappa shape index (κ2) is 6.38. The lowest BCUT2D eigenvalue weighted by Gasteiger charge is -2.39. The number of halogens is 3. The largest absolute Gasteiger partial charge is 0.492 e. The van der Waals surface area contributed by atoms with Crippen molar-refractivity contribution in [1.29, 1.82) is 0 Å². The molecule has 0 radical (unpaired) electrons. The highest BCUT2D eigenvalue weighted by atomic mass is 19.4. The van der Waals surface area contributed by atoms with Crippen LogP contribution < -0.4 is 10.1 Å². The molecule has 1 heterocycles. The van der Waals surface area contributed by atoms with Crippen LogP contribution in [-0.4, -0.2) is 6.61 Å². The van der Waals surface area contributed by atoms with Gasteiger partial charge in [-0.1, -0.05) is 42.5 Å². The Bertz CT molecular complexity index is 843. The highest BCUT2D eigenvalue weighted by molar-refractivity contribution is 5.68. The number of anilines is 1. The summed E-state index contributed by atoms with van der Waals surface area (Å²) >= 11 is 0. The zero-order valence-electron chi connectivity index (χ0n) is 14.4. The Morgan fingerprint density at radius 3 is 2.62 bits per heavy atom. The Labute approximate surface area is 150 Å². The molecular weight excluding hydrogens is 339 g/mol.